The zero-order valence-corrected chi connectivity index (χ0v) is 13.2. The van der Waals surface area contributed by atoms with Crippen LogP contribution in [0.25, 0.3) is 0 Å². The molecule has 1 aliphatic carbocycles. The minimum atomic E-state index is -3.04. The Morgan fingerprint density at radius 3 is 2.76 bits per heavy atom. The SMILES string of the molecule is O=S(=O)(C1CC1)N1CCC[C@@H](c2ncc3n2CCCC3)C1. The molecular weight excluding hydrogens is 286 g/mol. The fraction of sp³-hybridized carbons (Fsp3) is 0.800. The smallest absolute Gasteiger partial charge is 0.217 e. The molecule has 4 rings (SSSR count). The van der Waals surface area contributed by atoms with Crippen molar-refractivity contribution in [3.05, 3.63) is 17.7 Å². The first-order chi connectivity index (χ1) is 10.2. The van der Waals surface area contributed by atoms with E-state index in [9.17, 15) is 8.42 Å². The third-order valence-corrected chi connectivity index (χ3v) is 7.45. The second kappa shape index (κ2) is 5.09. The lowest BCUT2D eigenvalue weighted by molar-refractivity contribution is 0.302. The van der Waals surface area contributed by atoms with Gasteiger partial charge in [0.25, 0.3) is 0 Å². The fourth-order valence-electron chi connectivity index (χ4n) is 3.75. The summed E-state index contributed by atoms with van der Waals surface area (Å²) in [6, 6.07) is 0. The van der Waals surface area contributed by atoms with Crippen molar-refractivity contribution < 1.29 is 8.42 Å². The Kier molecular flexibility index (Phi) is 3.34. The maximum Gasteiger partial charge on any atom is 0.217 e. The molecule has 0 unspecified atom stereocenters. The van der Waals surface area contributed by atoms with Crippen molar-refractivity contribution in [2.75, 3.05) is 13.1 Å². The Balaban J connectivity index is 1.57. The highest BCUT2D eigenvalue weighted by atomic mass is 32.2. The molecule has 0 aromatic carbocycles. The molecular formula is C15H23N3O2S. The van der Waals surface area contributed by atoms with Crippen LogP contribution < -0.4 is 0 Å². The van der Waals surface area contributed by atoms with Gasteiger partial charge in [-0.2, -0.15) is 0 Å². The predicted octanol–water partition coefficient (Wildman–Crippen LogP) is 1.89. The first-order valence-electron chi connectivity index (χ1n) is 8.19. The Labute approximate surface area is 126 Å². The normalized spacial score (nSPS) is 27.5. The van der Waals surface area contributed by atoms with Gasteiger partial charge in [0.2, 0.25) is 10.0 Å². The molecule has 1 aromatic rings. The summed E-state index contributed by atoms with van der Waals surface area (Å²) < 4.78 is 29.0. The van der Waals surface area contributed by atoms with Crippen LogP contribution in [-0.2, 0) is 23.0 Å². The minimum Gasteiger partial charge on any atom is -0.332 e. The molecule has 0 amide bonds. The molecule has 1 saturated carbocycles. The zero-order chi connectivity index (χ0) is 14.4. The van der Waals surface area contributed by atoms with Crippen LogP contribution in [0.1, 0.15) is 56.0 Å². The zero-order valence-electron chi connectivity index (χ0n) is 12.4. The Bertz CT molecular complexity index is 633. The van der Waals surface area contributed by atoms with Crippen molar-refractivity contribution in [1.82, 2.24) is 13.9 Å². The van der Waals surface area contributed by atoms with E-state index in [4.69, 9.17) is 0 Å². The van der Waals surface area contributed by atoms with E-state index < -0.39 is 10.0 Å². The van der Waals surface area contributed by atoms with Gasteiger partial charge in [0, 0.05) is 37.4 Å². The van der Waals surface area contributed by atoms with Crippen LogP contribution in [0.5, 0.6) is 0 Å². The van der Waals surface area contributed by atoms with Gasteiger partial charge in [-0.1, -0.05) is 0 Å². The Morgan fingerprint density at radius 2 is 1.95 bits per heavy atom. The van der Waals surface area contributed by atoms with Gasteiger partial charge in [0.15, 0.2) is 0 Å². The van der Waals surface area contributed by atoms with Crippen LogP contribution >= 0.6 is 0 Å². The van der Waals surface area contributed by atoms with E-state index in [2.05, 4.69) is 9.55 Å². The quantitative estimate of drug-likeness (QED) is 0.857. The third kappa shape index (κ3) is 2.42. The second-order valence-electron chi connectivity index (χ2n) is 6.66. The average molecular weight is 309 g/mol. The Morgan fingerprint density at radius 1 is 1.10 bits per heavy atom. The third-order valence-electron chi connectivity index (χ3n) is 5.09. The molecule has 0 spiro atoms. The summed E-state index contributed by atoms with van der Waals surface area (Å²) in [7, 11) is -3.04. The van der Waals surface area contributed by atoms with Gasteiger partial charge in [0.05, 0.1) is 5.25 Å². The number of aromatic nitrogens is 2. The van der Waals surface area contributed by atoms with Gasteiger partial charge in [-0.05, 0) is 44.9 Å². The summed E-state index contributed by atoms with van der Waals surface area (Å²) in [5.74, 6) is 1.40. The lowest BCUT2D eigenvalue weighted by Crippen LogP contribution is -2.41. The second-order valence-corrected chi connectivity index (χ2v) is 8.87. The van der Waals surface area contributed by atoms with Gasteiger partial charge < -0.3 is 4.57 Å². The molecule has 5 nitrogen and oxygen atoms in total. The molecule has 0 radical (unpaired) electrons. The molecule has 21 heavy (non-hydrogen) atoms. The highest BCUT2D eigenvalue weighted by Crippen LogP contribution is 2.35. The van der Waals surface area contributed by atoms with E-state index in [-0.39, 0.29) is 11.2 Å². The topological polar surface area (TPSA) is 55.2 Å². The van der Waals surface area contributed by atoms with E-state index in [0.717, 1.165) is 44.5 Å². The number of fused-ring (bicyclic) bond motifs is 1. The van der Waals surface area contributed by atoms with Crippen molar-refractivity contribution in [3.63, 3.8) is 0 Å². The highest BCUT2D eigenvalue weighted by Gasteiger charge is 2.42. The number of sulfonamides is 1. The maximum atomic E-state index is 12.5. The number of piperidine rings is 1. The van der Waals surface area contributed by atoms with E-state index >= 15 is 0 Å². The van der Waals surface area contributed by atoms with Crippen molar-refractivity contribution >= 4 is 10.0 Å². The van der Waals surface area contributed by atoms with Crippen LogP contribution in [0.3, 0.4) is 0 Å². The maximum absolute atomic E-state index is 12.5. The van der Waals surface area contributed by atoms with Crippen molar-refractivity contribution in [3.8, 4) is 0 Å². The first kappa shape index (κ1) is 13.8. The van der Waals surface area contributed by atoms with Gasteiger partial charge in [0.1, 0.15) is 5.82 Å². The standard InChI is InChI=1S/C15H23N3O2S/c19-21(20,14-6-7-14)17-8-3-4-12(11-17)15-16-10-13-5-1-2-9-18(13)15/h10,12,14H,1-9,11H2/t12-/m1/s1. The molecule has 3 aliphatic rings. The molecule has 1 aromatic heterocycles. The van der Waals surface area contributed by atoms with Gasteiger partial charge in [-0.15, -0.1) is 0 Å². The molecule has 1 saturated heterocycles. The monoisotopic (exact) mass is 309 g/mol. The number of rotatable bonds is 3. The lowest BCUT2D eigenvalue weighted by Gasteiger charge is -2.32. The minimum absolute atomic E-state index is 0.0922. The molecule has 0 N–H and O–H groups in total. The number of hydrogen-bond donors (Lipinski definition) is 0. The number of aryl methyl sites for hydroxylation is 1. The number of nitrogens with zero attached hydrogens (tertiary/aromatic N) is 3. The molecule has 3 heterocycles. The van der Waals surface area contributed by atoms with Crippen LogP contribution in [0.15, 0.2) is 6.20 Å². The summed E-state index contributed by atoms with van der Waals surface area (Å²) in [6.45, 7) is 2.38. The van der Waals surface area contributed by atoms with Gasteiger partial charge in [-0.3, -0.25) is 0 Å². The summed E-state index contributed by atoms with van der Waals surface area (Å²) >= 11 is 0. The molecule has 6 heteroatoms. The lowest BCUT2D eigenvalue weighted by atomic mass is 9.98. The van der Waals surface area contributed by atoms with E-state index in [1.807, 2.05) is 6.20 Å². The summed E-state index contributed by atoms with van der Waals surface area (Å²) in [6.07, 6.45) is 9.30. The van der Waals surface area contributed by atoms with Crippen LogP contribution in [0.2, 0.25) is 0 Å². The summed E-state index contributed by atoms with van der Waals surface area (Å²) in [4.78, 5) is 4.64. The largest absolute Gasteiger partial charge is 0.332 e. The predicted molar refractivity (Wildman–Crippen MR) is 80.7 cm³/mol. The summed E-state index contributed by atoms with van der Waals surface area (Å²) in [5.41, 5.74) is 1.33. The molecule has 2 aliphatic heterocycles. The highest BCUT2D eigenvalue weighted by molar-refractivity contribution is 7.90. The molecule has 1 atom stereocenters. The molecule has 116 valence electrons. The molecule has 2 fully saturated rings. The van der Waals surface area contributed by atoms with E-state index in [1.54, 1.807) is 4.31 Å². The number of hydrogen-bond acceptors (Lipinski definition) is 3. The molecule has 0 bridgehead atoms. The van der Waals surface area contributed by atoms with E-state index in [1.165, 1.54) is 18.5 Å². The fourth-order valence-corrected chi connectivity index (χ4v) is 5.67. The van der Waals surface area contributed by atoms with Gasteiger partial charge >= 0.3 is 0 Å². The van der Waals surface area contributed by atoms with Crippen LogP contribution in [-0.4, -0.2) is 40.6 Å². The first-order valence-corrected chi connectivity index (χ1v) is 9.70. The average Bonchev–Trinajstić information content (AvgIpc) is 3.28. The van der Waals surface area contributed by atoms with Crippen molar-refractivity contribution in [2.45, 2.75) is 62.7 Å². The van der Waals surface area contributed by atoms with Crippen molar-refractivity contribution in [2.24, 2.45) is 0 Å². The number of imidazole rings is 1. The Hall–Kier alpha value is -0.880. The van der Waals surface area contributed by atoms with Gasteiger partial charge in [-0.25, -0.2) is 17.7 Å². The van der Waals surface area contributed by atoms with Crippen LogP contribution in [0, 0.1) is 0 Å². The van der Waals surface area contributed by atoms with Crippen LogP contribution in [0.4, 0.5) is 0 Å². The summed E-state index contributed by atoms with van der Waals surface area (Å²) in [5, 5.41) is -0.0922. The van der Waals surface area contributed by atoms with E-state index in [0.29, 0.717) is 13.1 Å². The van der Waals surface area contributed by atoms with Crippen molar-refractivity contribution in [1.29, 1.82) is 0 Å².